The smallest absolute Gasteiger partial charge is 0.393 e. The summed E-state index contributed by atoms with van der Waals surface area (Å²) in [5, 5.41) is 24.3. The summed E-state index contributed by atoms with van der Waals surface area (Å²) in [7, 11) is -4.38. The van der Waals surface area contributed by atoms with Gasteiger partial charge in [-0.25, -0.2) is 4.57 Å². The number of amides is 1. The zero-order valence-corrected chi connectivity index (χ0v) is 38.4. The minimum Gasteiger partial charge on any atom is -0.393 e. The number of aliphatic hydroxyl groups is 2. The maximum Gasteiger partial charge on any atom is 0.472 e. The van der Waals surface area contributed by atoms with Gasteiger partial charge in [-0.1, -0.05) is 212 Å². The molecule has 0 radical (unpaired) electrons. The Morgan fingerprint density at radius 2 is 0.947 bits per heavy atom. The summed E-state index contributed by atoms with van der Waals surface area (Å²) < 4.78 is 22.2. The van der Waals surface area contributed by atoms with Crippen LogP contribution in [0.1, 0.15) is 245 Å². The molecular weight excluding hydrogens is 735 g/mol. The van der Waals surface area contributed by atoms with Crippen molar-refractivity contribution in [1.82, 2.24) is 5.32 Å². The first-order chi connectivity index (χ1) is 27.8. The number of nitrogens with one attached hydrogen (secondary N) is 1. The second kappa shape index (κ2) is 43.3. The molecule has 0 spiro atoms. The van der Waals surface area contributed by atoms with Crippen LogP contribution in [0.25, 0.3) is 0 Å². The molecule has 6 N–H and O–H groups in total. The van der Waals surface area contributed by atoms with Gasteiger partial charge in [-0.15, -0.1) is 0 Å². The SMILES string of the molecule is CCCCCCCCCCC/C=C\CCCCCCCC(O)CC(=O)NC(COP(=O)(O)OCCN)C(O)CCCCCCCCCCCCCCCCCCC. The maximum atomic E-state index is 12.9. The van der Waals surface area contributed by atoms with Gasteiger partial charge in [-0.05, 0) is 38.5 Å². The Bertz CT molecular complexity index is 924. The minimum atomic E-state index is -4.38. The van der Waals surface area contributed by atoms with E-state index >= 15 is 0 Å². The third-order valence-corrected chi connectivity index (χ3v) is 12.2. The number of nitrogens with two attached hydrogens (primary N) is 1. The number of unbranched alkanes of at least 4 members (excludes halogenated alkanes) is 30. The van der Waals surface area contributed by atoms with Crippen LogP contribution in [-0.4, -0.2) is 59.0 Å². The van der Waals surface area contributed by atoms with Crippen LogP contribution in [0.4, 0.5) is 0 Å². The summed E-state index contributed by atoms with van der Waals surface area (Å²) in [6.07, 6.45) is 45.4. The molecule has 0 saturated carbocycles. The molecule has 340 valence electrons. The van der Waals surface area contributed by atoms with Gasteiger partial charge in [0.15, 0.2) is 0 Å². The number of hydrogen-bond donors (Lipinski definition) is 5. The molecule has 0 heterocycles. The molecule has 4 unspecified atom stereocenters. The van der Waals surface area contributed by atoms with E-state index in [0.717, 1.165) is 44.9 Å². The highest BCUT2D eigenvalue weighted by Crippen LogP contribution is 2.43. The molecule has 0 aliphatic carbocycles. The molecule has 0 aromatic heterocycles. The first kappa shape index (κ1) is 56.2. The van der Waals surface area contributed by atoms with Gasteiger partial charge >= 0.3 is 7.82 Å². The molecule has 4 atom stereocenters. The fourth-order valence-electron chi connectivity index (χ4n) is 7.47. The van der Waals surface area contributed by atoms with Crippen molar-refractivity contribution in [3.05, 3.63) is 12.2 Å². The molecule has 0 saturated heterocycles. The average molecular weight is 831 g/mol. The number of rotatable bonds is 46. The van der Waals surface area contributed by atoms with Gasteiger partial charge in [0.1, 0.15) is 0 Å². The van der Waals surface area contributed by atoms with Crippen molar-refractivity contribution >= 4 is 13.7 Å². The Balaban J connectivity index is 4.19. The van der Waals surface area contributed by atoms with Crippen LogP contribution in [0, 0.1) is 0 Å². The van der Waals surface area contributed by atoms with Crippen LogP contribution in [0.2, 0.25) is 0 Å². The zero-order valence-electron chi connectivity index (χ0n) is 37.5. The van der Waals surface area contributed by atoms with Crippen molar-refractivity contribution < 1.29 is 33.5 Å². The van der Waals surface area contributed by atoms with E-state index in [1.165, 1.54) is 167 Å². The highest BCUT2D eigenvalue weighted by atomic mass is 31.2. The van der Waals surface area contributed by atoms with Gasteiger partial charge in [0.05, 0.1) is 37.9 Å². The molecule has 0 aliphatic rings. The number of carbonyl (C=O) groups excluding carboxylic acids is 1. The zero-order chi connectivity index (χ0) is 41.9. The Morgan fingerprint density at radius 1 is 0.579 bits per heavy atom. The molecule has 9 nitrogen and oxygen atoms in total. The van der Waals surface area contributed by atoms with Crippen LogP contribution >= 0.6 is 7.82 Å². The van der Waals surface area contributed by atoms with Crippen molar-refractivity contribution in [2.45, 2.75) is 263 Å². The monoisotopic (exact) mass is 831 g/mol. The number of carbonyl (C=O) groups is 1. The first-order valence-corrected chi connectivity index (χ1v) is 25.9. The van der Waals surface area contributed by atoms with E-state index in [9.17, 15) is 24.5 Å². The average Bonchev–Trinajstić information content (AvgIpc) is 3.19. The van der Waals surface area contributed by atoms with Gasteiger partial charge in [0.25, 0.3) is 0 Å². The van der Waals surface area contributed by atoms with Gasteiger partial charge in [0.2, 0.25) is 5.91 Å². The van der Waals surface area contributed by atoms with Crippen LogP contribution in [0.5, 0.6) is 0 Å². The molecule has 57 heavy (non-hydrogen) atoms. The summed E-state index contributed by atoms with van der Waals surface area (Å²) in [5.74, 6) is -0.414. The molecule has 0 aliphatic heterocycles. The summed E-state index contributed by atoms with van der Waals surface area (Å²) in [4.78, 5) is 22.9. The number of aliphatic hydroxyl groups excluding tert-OH is 2. The van der Waals surface area contributed by atoms with Gasteiger partial charge in [-0.2, -0.15) is 0 Å². The van der Waals surface area contributed by atoms with Crippen molar-refractivity contribution in [2.75, 3.05) is 19.8 Å². The Morgan fingerprint density at radius 3 is 1.35 bits per heavy atom. The fraction of sp³-hybridized carbons (Fsp3) is 0.936. The molecule has 0 fully saturated rings. The van der Waals surface area contributed by atoms with E-state index in [4.69, 9.17) is 14.8 Å². The summed E-state index contributed by atoms with van der Waals surface area (Å²) in [5.41, 5.74) is 5.38. The second-order valence-corrected chi connectivity index (χ2v) is 18.3. The predicted molar refractivity (Wildman–Crippen MR) is 241 cm³/mol. The number of phosphoric acid groups is 1. The summed E-state index contributed by atoms with van der Waals surface area (Å²) >= 11 is 0. The van der Waals surface area contributed by atoms with E-state index in [2.05, 4.69) is 31.3 Å². The Hall–Kier alpha value is -0.800. The van der Waals surface area contributed by atoms with E-state index < -0.39 is 32.0 Å². The lowest BCUT2D eigenvalue weighted by molar-refractivity contribution is -0.125. The van der Waals surface area contributed by atoms with Crippen molar-refractivity contribution in [1.29, 1.82) is 0 Å². The number of phosphoric ester groups is 1. The van der Waals surface area contributed by atoms with Crippen LogP contribution in [0.15, 0.2) is 12.2 Å². The van der Waals surface area contributed by atoms with Gasteiger partial charge in [-0.3, -0.25) is 13.8 Å². The van der Waals surface area contributed by atoms with Crippen LogP contribution in [0.3, 0.4) is 0 Å². The highest BCUT2D eigenvalue weighted by molar-refractivity contribution is 7.47. The molecule has 1 amide bonds. The maximum absolute atomic E-state index is 12.9. The lowest BCUT2D eigenvalue weighted by Gasteiger charge is -2.25. The Kier molecular flexibility index (Phi) is 42.7. The molecule has 0 bridgehead atoms. The molecule has 0 rings (SSSR count). The third kappa shape index (κ3) is 41.7. The quantitative estimate of drug-likeness (QED) is 0.0231. The minimum absolute atomic E-state index is 0.0602. The molecule has 10 heteroatoms. The van der Waals surface area contributed by atoms with Crippen molar-refractivity contribution in [3.63, 3.8) is 0 Å². The van der Waals surface area contributed by atoms with E-state index in [-0.39, 0.29) is 26.2 Å². The first-order valence-electron chi connectivity index (χ1n) is 24.4. The normalized spacial score (nSPS) is 14.6. The van der Waals surface area contributed by atoms with Crippen molar-refractivity contribution in [3.8, 4) is 0 Å². The highest BCUT2D eigenvalue weighted by Gasteiger charge is 2.28. The van der Waals surface area contributed by atoms with Crippen molar-refractivity contribution in [2.24, 2.45) is 5.73 Å². The predicted octanol–water partition coefficient (Wildman–Crippen LogP) is 12.9. The number of allylic oxidation sites excluding steroid dienone is 2. The van der Waals surface area contributed by atoms with Gasteiger partial charge < -0.3 is 26.2 Å². The van der Waals surface area contributed by atoms with E-state index in [1.54, 1.807) is 0 Å². The second-order valence-electron chi connectivity index (χ2n) is 16.9. The molecular formula is C47H95N2O7P. The summed E-state index contributed by atoms with van der Waals surface area (Å²) in [6, 6.07) is -0.896. The van der Waals surface area contributed by atoms with Crippen LogP contribution < -0.4 is 11.1 Å². The standard InChI is InChI=1S/C47H95N2O7P/c1-3-5-7-9-11-13-15-17-19-21-23-24-26-28-30-32-34-36-38-44(50)42-47(52)49-45(43-56-57(53,54)55-41-40-48)46(51)39-37-35-33-31-29-27-25-22-20-18-16-14-12-10-8-6-4-2/h23-24,44-46,50-51H,3-22,25-43,48H2,1-2H3,(H,49,52)(H,53,54)/b24-23-. The molecule has 0 aromatic carbocycles. The van der Waals surface area contributed by atoms with Gasteiger partial charge in [0, 0.05) is 6.54 Å². The van der Waals surface area contributed by atoms with E-state index in [1.807, 2.05) is 0 Å². The summed E-state index contributed by atoms with van der Waals surface area (Å²) in [6.45, 7) is 4.07. The fourth-order valence-corrected chi connectivity index (χ4v) is 8.23. The lowest BCUT2D eigenvalue weighted by Crippen LogP contribution is -2.47. The molecule has 0 aromatic rings. The van der Waals surface area contributed by atoms with E-state index in [0.29, 0.717) is 12.8 Å². The lowest BCUT2D eigenvalue weighted by atomic mass is 10.0. The number of hydrogen-bond acceptors (Lipinski definition) is 7. The topological polar surface area (TPSA) is 151 Å². The largest absolute Gasteiger partial charge is 0.472 e. The Labute approximate surface area is 352 Å². The third-order valence-electron chi connectivity index (χ3n) is 11.2. The van der Waals surface area contributed by atoms with Crippen LogP contribution in [-0.2, 0) is 18.4 Å².